The highest BCUT2D eigenvalue weighted by atomic mass is 16.7. The minimum absolute atomic E-state index is 0.00289. The van der Waals surface area contributed by atoms with Crippen LogP contribution in [0.25, 0.3) is 0 Å². The number of benzene rings is 1. The molecule has 122 valence electrons. The first-order chi connectivity index (χ1) is 10.7. The number of carbonyl (C=O) groups is 1. The predicted molar refractivity (Wildman–Crippen MR) is 82.1 cm³/mol. The molecule has 6 nitrogen and oxygen atoms in total. The Morgan fingerprint density at radius 3 is 2.77 bits per heavy atom. The summed E-state index contributed by atoms with van der Waals surface area (Å²) in [5, 5.41) is 2.86. The predicted octanol–water partition coefficient (Wildman–Crippen LogP) is 1.78. The molecular weight excluding hydrogens is 284 g/mol. The molecule has 0 radical (unpaired) electrons. The van der Waals surface area contributed by atoms with E-state index in [-0.39, 0.29) is 31.6 Å². The average Bonchev–Trinajstić information content (AvgIpc) is 2.51. The van der Waals surface area contributed by atoms with Crippen molar-refractivity contribution in [1.29, 1.82) is 0 Å². The quantitative estimate of drug-likeness (QED) is 0.783. The normalized spacial score (nSPS) is 24.7. The summed E-state index contributed by atoms with van der Waals surface area (Å²) in [4.78, 5) is 11.9. The van der Waals surface area contributed by atoms with Gasteiger partial charge in [0.05, 0.1) is 6.10 Å². The van der Waals surface area contributed by atoms with E-state index in [9.17, 15) is 4.79 Å². The van der Waals surface area contributed by atoms with Gasteiger partial charge in [0, 0.05) is 19.2 Å². The zero-order valence-corrected chi connectivity index (χ0v) is 12.9. The van der Waals surface area contributed by atoms with E-state index in [1.54, 1.807) is 7.11 Å². The van der Waals surface area contributed by atoms with E-state index in [1.807, 2.05) is 30.3 Å². The Labute approximate surface area is 130 Å². The number of alkyl carbamates (subject to hydrolysis) is 1. The summed E-state index contributed by atoms with van der Waals surface area (Å²) in [7, 11) is 1.58. The zero-order chi connectivity index (χ0) is 15.8. The number of methoxy groups -OCH3 is 1. The fraction of sp³-hybridized carbons (Fsp3) is 0.562. The van der Waals surface area contributed by atoms with Crippen LogP contribution in [0, 0.1) is 0 Å². The van der Waals surface area contributed by atoms with Gasteiger partial charge in [0.25, 0.3) is 0 Å². The van der Waals surface area contributed by atoms with Crippen LogP contribution in [-0.4, -0.2) is 38.2 Å². The standard InChI is InChI=1S/C16H24N2O4/c1-20-11-22-15-8-13(17)7-14(9-15)18-16(19)21-10-12-5-3-2-4-6-12/h2-6,13-15H,7-11,17H2,1H3,(H,18,19)/t13-,14+,15-/m0/s1. The van der Waals surface area contributed by atoms with Crippen molar-refractivity contribution in [2.45, 2.75) is 44.1 Å². The van der Waals surface area contributed by atoms with E-state index in [1.165, 1.54) is 0 Å². The smallest absolute Gasteiger partial charge is 0.407 e. The third-order valence-electron chi connectivity index (χ3n) is 3.66. The van der Waals surface area contributed by atoms with Gasteiger partial charge >= 0.3 is 6.09 Å². The van der Waals surface area contributed by atoms with Crippen LogP contribution in [-0.2, 0) is 20.8 Å². The van der Waals surface area contributed by atoms with Crippen molar-refractivity contribution < 1.29 is 19.0 Å². The Hall–Kier alpha value is -1.63. The van der Waals surface area contributed by atoms with Gasteiger partial charge in [0.15, 0.2) is 0 Å². The minimum atomic E-state index is -0.423. The van der Waals surface area contributed by atoms with E-state index < -0.39 is 6.09 Å². The molecule has 1 amide bonds. The van der Waals surface area contributed by atoms with Crippen LogP contribution in [0.4, 0.5) is 4.79 Å². The summed E-state index contributed by atoms with van der Waals surface area (Å²) in [5.74, 6) is 0. The van der Waals surface area contributed by atoms with Gasteiger partial charge in [-0.05, 0) is 24.8 Å². The van der Waals surface area contributed by atoms with E-state index in [0.717, 1.165) is 24.8 Å². The van der Waals surface area contributed by atoms with Gasteiger partial charge in [-0.15, -0.1) is 0 Å². The molecule has 0 heterocycles. The van der Waals surface area contributed by atoms with E-state index in [0.29, 0.717) is 0 Å². The van der Waals surface area contributed by atoms with Crippen molar-refractivity contribution in [3.63, 3.8) is 0 Å². The summed E-state index contributed by atoms with van der Waals surface area (Å²) in [6, 6.07) is 9.55. The summed E-state index contributed by atoms with van der Waals surface area (Å²) < 4.78 is 15.7. The number of ether oxygens (including phenoxy) is 3. The van der Waals surface area contributed by atoms with Crippen LogP contribution in [0.2, 0.25) is 0 Å². The van der Waals surface area contributed by atoms with E-state index in [2.05, 4.69) is 5.32 Å². The zero-order valence-electron chi connectivity index (χ0n) is 12.9. The van der Waals surface area contributed by atoms with Gasteiger partial charge < -0.3 is 25.3 Å². The molecule has 1 saturated carbocycles. The fourth-order valence-electron chi connectivity index (χ4n) is 2.66. The molecule has 0 saturated heterocycles. The second-order valence-electron chi connectivity index (χ2n) is 5.57. The highest BCUT2D eigenvalue weighted by Gasteiger charge is 2.28. The maximum Gasteiger partial charge on any atom is 0.407 e. The number of hydrogen-bond donors (Lipinski definition) is 2. The van der Waals surface area contributed by atoms with Gasteiger partial charge in [0.1, 0.15) is 13.4 Å². The number of nitrogens with one attached hydrogen (secondary N) is 1. The molecule has 0 aliphatic heterocycles. The molecule has 1 fully saturated rings. The summed E-state index contributed by atoms with van der Waals surface area (Å²) in [6.07, 6.45) is 1.81. The van der Waals surface area contributed by atoms with Crippen molar-refractivity contribution in [3.05, 3.63) is 35.9 Å². The number of hydrogen-bond acceptors (Lipinski definition) is 5. The molecule has 3 N–H and O–H groups in total. The molecule has 0 spiro atoms. The van der Waals surface area contributed by atoms with Crippen molar-refractivity contribution in [2.24, 2.45) is 5.73 Å². The monoisotopic (exact) mass is 308 g/mol. The number of rotatable bonds is 6. The van der Waals surface area contributed by atoms with Gasteiger partial charge in [-0.25, -0.2) is 4.79 Å². The van der Waals surface area contributed by atoms with Gasteiger partial charge in [0.2, 0.25) is 0 Å². The molecule has 1 aliphatic carbocycles. The molecule has 1 aromatic carbocycles. The van der Waals surface area contributed by atoms with Crippen LogP contribution < -0.4 is 11.1 Å². The molecule has 2 rings (SSSR count). The van der Waals surface area contributed by atoms with Crippen molar-refractivity contribution in [1.82, 2.24) is 5.32 Å². The van der Waals surface area contributed by atoms with Crippen molar-refractivity contribution >= 4 is 6.09 Å². The number of amides is 1. The van der Waals surface area contributed by atoms with E-state index >= 15 is 0 Å². The van der Waals surface area contributed by atoms with Gasteiger partial charge in [-0.2, -0.15) is 0 Å². The summed E-state index contributed by atoms with van der Waals surface area (Å²) >= 11 is 0. The molecule has 1 aromatic rings. The summed E-state index contributed by atoms with van der Waals surface area (Å²) in [5.41, 5.74) is 6.97. The largest absolute Gasteiger partial charge is 0.445 e. The Kier molecular flexibility index (Phi) is 6.64. The fourth-order valence-corrected chi connectivity index (χ4v) is 2.66. The lowest BCUT2D eigenvalue weighted by atomic mass is 9.89. The first kappa shape index (κ1) is 16.7. The lowest BCUT2D eigenvalue weighted by molar-refractivity contribution is -0.0870. The minimum Gasteiger partial charge on any atom is -0.445 e. The van der Waals surface area contributed by atoms with Crippen molar-refractivity contribution in [3.8, 4) is 0 Å². The molecule has 0 bridgehead atoms. The average molecular weight is 308 g/mol. The lowest BCUT2D eigenvalue weighted by Crippen LogP contribution is -2.47. The Morgan fingerprint density at radius 1 is 1.27 bits per heavy atom. The third kappa shape index (κ3) is 5.63. The second-order valence-corrected chi connectivity index (χ2v) is 5.57. The van der Waals surface area contributed by atoms with Crippen LogP contribution in [0.15, 0.2) is 30.3 Å². The molecule has 0 aromatic heterocycles. The van der Waals surface area contributed by atoms with Crippen LogP contribution in [0.3, 0.4) is 0 Å². The molecular formula is C16H24N2O4. The maximum absolute atomic E-state index is 11.9. The second kappa shape index (κ2) is 8.73. The highest BCUT2D eigenvalue weighted by Crippen LogP contribution is 2.21. The molecule has 3 atom stereocenters. The number of nitrogens with two attached hydrogens (primary N) is 1. The number of carbonyl (C=O) groups excluding carboxylic acids is 1. The molecule has 0 unspecified atom stereocenters. The van der Waals surface area contributed by atoms with Crippen molar-refractivity contribution in [2.75, 3.05) is 13.9 Å². The summed E-state index contributed by atoms with van der Waals surface area (Å²) in [6.45, 7) is 0.498. The SMILES string of the molecule is COCO[C@H]1C[C@@H](N)C[C@@H](NC(=O)OCc2ccccc2)C1. The van der Waals surface area contributed by atoms with Crippen LogP contribution in [0.1, 0.15) is 24.8 Å². The molecule has 6 heteroatoms. The first-order valence-electron chi connectivity index (χ1n) is 7.50. The Bertz CT molecular complexity index is 455. The first-order valence-corrected chi connectivity index (χ1v) is 7.50. The highest BCUT2D eigenvalue weighted by molar-refractivity contribution is 5.67. The maximum atomic E-state index is 11.9. The molecule has 1 aliphatic rings. The van der Waals surface area contributed by atoms with Crippen LogP contribution >= 0.6 is 0 Å². The van der Waals surface area contributed by atoms with Gasteiger partial charge in [-0.3, -0.25) is 0 Å². The van der Waals surface area contributed by atoms with Gasteiger partial charge in [-0.1, -0.05) is 30.3 Å². The third-order valence-corrected chi connectivity index (χ3v) is 3.66. The van der Waals surface area contributed by atoms with Crippen LogP contribution in [0.5, 0.6) is 0 Å². The Balaban J connectivity index is 1.75. The Morgan fingerprint density at radius 2 is 2.05 bits per heavy atom. The molecule has 22 heavy (non-hydrogen) atoms. The topological polar surface area (TPSA) is 82.8 Å². The lowest BCUT2D eigenvalue weighted by Gasteiger charge is -2.33. The van der Waals surface area contributed by atoms with E-state index in [4.69, 9.17) is 19.9 Å².